The lowest BCUT2D eigenvalue weighted by Crippen LogP contribution is -2.25. The van der Waals surface area contributed by atoms with Crippen LogP contribution in [0.25, 0.3) is 0 Å². The van der Waals surface area contributed by atoms with Crippen molar-refractivity contribution in [3.8, 4) is 0 Å². The van der Waals surface area contributed by atoms with Crippen LogP contribution in [0.4, 0.5) is 0 Å². The van der Waals surface area contributed by atoms with E-state index in [2.05, 4.69) is 37.4 Å². The molecule has 0 heterocycles. The molecule has 1 aromatic carbocycles. The van der Waals surface area contributed by atoms with Crippen molar-refractivity contribution >= 4 is 0 Å². The number of aliphatic hydroxyl groups excluding tert-OH is 1. The summed E-state index contributed by atoms with van der Waals surface area (Å²) in [5.41, 5.74) is 4.56. The predicted octanol–water partition coefficient (Wildman–Crippen LogP) is 2.56. The summed E-state index contributed by atoms with van der Waals surface area (Å²) in [6.07, 6.45) is 3.49. The smallest absolute Gasteiger partial charge is 0.0436 e. The molecule has 17 heavy (non-hydrogen) atoms. The molecule has 1 fully saturated rings. The Balaban J connectivity index is 1.86. The van der Waals surface area contributed by atoms with E-state index in [1.54, 1.807) is 0 Å². The molecule has 1 saturated carbocycles. The molecule has 2 N–H and O–H groups in total. The minimum absolute atomic E-state index is 0.324. The highest BCUT2D eigenvalue weighted by molar-refractivity contribution is 5.33. The number of aryl methyl sites for hydroxylation is 2. The molecule has 2 heteroatoms. The van der Waals surface area contributed by atoms with Crippen molar-refractivity contribution in [1.82, 2.24) is 5.32 Å². The maximum absolute atomic E-state index is 9.02. The van der Waals surface area contributed by atoms with Crippen molar-refractivity contribution < 1.29 is 5.11 Å². The Hall–Kier alpha value is -0.860. The van der Waals surface area contributed by atoms with Gasteiger partial charge in [-0.25, -0.2) is 0 Å². The van der Waals surface area contributed by atoms with Crippen LogP contribution in [0.5, 0.6) is 0 Å². The third kappa shape index (κ3) is 3.08. The third-order valence-electron chi connectivity index (χ3n) is 4.05. The van der Waals surface area contributed by atoms with Gasteiger partial charge in [-0.1, -0.05) is 18.2 Å². The summed E-state index contributed by atoms with van der Waals surface area (Å²) in [6, 6.07) is 6.46. The molecule has 2 rings (SSSR count). The standard InChI is InChI=1S/C15H23NO/c1-12-4-3-5-13(2)14(12)10-16-11-15(6-7-15)8-9-17/h3-5,16-17H,6-11H2,1-2H3. The van der Waals surface area contributed by atoms with E-state index >= 15 is 0 Å². The van der Waals surface area contributed by atoms with Crippen LogP contribution < -0.4 is 5.32 Å². The molecule has 94 valence electrons. The normalized spacial score (nSPS) is 17.1. The average molecular weight is 233 g/mol. The van der Waals surface area contributed by atoms with Crippen LogP contribution in [0.3, 0.4) is 0 Å². The van der Waals surface area contributed by atoms with Gasteiger partial charge in [-0.15, -0.1) is 0 Å². The summed E-state index contributed by atoms with van der Waals surface area (Å²) in [5.74, 6) is 0. The van der Waals surface area contributed by atoms with Gasteiger partial charge in [-0.05, 0) is 55.2 Å². The Labute approximate surface area is 104 Å². The van der Waals surface area contributed by atoms with Gasteiger partial charge in [0.1, 0.15) is 0 Å². The first kappa shape index (κ1) is 12.6. The van der Waals surface area contributed by atoms with E-state index in [-0.39, 0.29) is 0 Å². The summed E-state index contributed by atoms with van der Waals surface area (Å²) in [7, 11) is 0. The van der Waals surface area contributed by atoms with Gasteiger partial charge in [0.05, 0.1) is 0 Å². The quantitative estimate of drug-likeness (QED) is 0.791. The number of nitrogens with one attached hydrogen (secondary N) is 1. The van der Waals surface area contributed by atoms with E-state index in [4.69, 9.17) is 5.11 Å². The van der Waals surface area contributed by atoms with Gasteiger partial charge < -0.3 is 10.4 Å². The van der Waals surface area contributed by atoms with Crippen molar-refractivity contribution in [3.05, 3.63) is 34.9 Å². The number of hydrogen-bond donors (Lipinski definition) is 2. The molecule has 0 saturated heterocycles. The Morgan fingerprint density at radius 3 is 2.41 bits per heavy atom. The van der Waals surface area contributed by atoms with E-state index in [1.807, 2.05) is 0 Å². The Morgan fingerprint density at radius 1 is 1.24 bits per heavy atom. The summed E-state index contributed by atoms with van der Waals surface area (Å²) < 4.78 is 0. The van der Waals surface area contributed by atoms with Gasteiger partial charge in [0.2, 0.25) is 0 Å². The molecule has 1 aromatic rings. The lowest BCUT2D eigenvalue weighted by atomic mass is 10.0. The number of rotatable bonds is 6. The van der Waals surface area contributed by atoms with Crippen molar-refractivity contribution in [2.75, 3.05) is 13.2 Å². The van der Waals surface area contributed by atoms with Crippen molar-refractivity contribution in [3.63, 3.8) is 0 Å². The van der Waals surface area contributed by atoms with Crippen molar-refractivity contribution in [2.24, 2.45) is 5.41 Å². The highest BCUT2D eigenvalue weighted by atomic mass is 16.3. The maximum atomic E-state index is 9.02. The van der Waals surface area contributed by atoms with Crippen LogP contribution in [0.15, 0.2) is 18.2 Å². The topological polar surface area (TPSA) is 32.3 Å². The van der Waals surface area contributed by atoms with Gasteiger partial charge in [-0.2, -0.15) is 0 Å². The summed E-state index contributed by atoms with van der Waals surface area (Å²) in [4.78, 5) is 0. The number of aliphatic hydroxyl groups is 1. The second-order valence-corrected chi connectivity index (χ2v) is 5.45. The van der Waals surface area contributed by atoms with Crippen molar-refractivity contribution in [1.29, 1.82) is 0 Å². The summed E-state index contributed by atoms with van der Waals surface area (Å²) in [5, 5.41) is 12.6. The molecule has 0 radical (unpaired) electrons. The van der Waals surface area contributed by atoms with Crippen LogP contribution >= 0.6 is 0 Å². The lowest BCUT2D eigenvalue weighted by Gasteiger charge is -2.16. The molecule has 0 bridgehead atoms. The van der Waals surface area contributed by atoms with Crippen LogP contribution in [0.2, 0.25) is 0 Å². The maximum Gasteiger partial charge on any atom is 0.0436 e. The first-order chi connectivity index (χ1) is 8.17. The van der Waals surface area contributed by atoms with E-state index in [1.165, 1.54) is 29.5 Å². The van der Waals surface area contributed by atoms with Crippen LogP contribution in [-0.2, 0) is 6.54 Å². The second kappa shape index (κ2) is 5.19. The Bertz CT molecular complexity index is 362. The average Bonchev–Trinajstić information content (AvgIpc) is 3.03. The Kier molecular flexibility index (Phi) is 3.85. The van der Waals surface area contributed by atoms with Crippen LogP contribution in [0.1, 0.15) is 36.0 Å². The number of benzene rings is 1. The molecule has 0 spiro atoms. The first-order valence-electron chi connectivity index (χ1n) is 6.54. The van der Waals surface area contributed by atoms with Gasteiger partial charge in [0, 0.05) is 19.7 Å². The van der Waals surface area contributed by atoms with Gasteiger partial charge in [-0.3, -0.25) is 0 Å². The molecule has 0 aliphatic heterocycles. The second-order valence-electron chi connectivity index (χ2n) is 5.45. The van der Waals surface area contributed by atoms with Gasteiger partial charge in [0.25, 0.3) is 0 Å². The highest BCUT2D eigenvalue weighted by Gasteiger charge is 2.41. The molecular weight excluding hydrogens is 210 g/mol. The molecule has 1 aliphatic rings. The van der Waals surface area contributed by atoms with E-state index in [9.17, 15) is 0 Å². The molecule has 0 atom stereocenters. The fraction of sp³-hybridized carbons (Fsp3) is 0.600. The van der Waals surface area contributed by atoms with Gasteiger partial charge in [0.15, 0.2) is 0 Å². The summed E-state index contributed by atoms with van der Waals surface area (Å²) in [6.45, 7) is 6.66. The van der Waals surface area contributed by atoms with Crippen LogP contribution in [0, 0.1) is 19.3 Å². The fourth-order valence-electron chi connectivity index (χ4n) is 2.51. The van der Waals surface area contributed by atoms with E-state index < -0.39 is 0 Å². The third-order valence-corrected chi connectivity index (χ3v) is 4.05. The largest absolute Gasteiger partial charge is 0.396 e. The predicted molar refractivity (Wildman–Crippen MR) is 71.0 cm³/mol. The van der Waals surface area contributed by atoms with Crippen molar-refractivity contribution in [2.45, 2.75) is 39.7 Å². The lowest BCUT2D eigenvalue weighted by molar-refractivity contribution is 0.245. The molecule has 2 nitrogen and oxygen atoms in total. The molecule has 0 unspecified atom stereocenters. The zero-order valence-electron chi connectivity index (χ0n) is 10.9. The SMILES string of the molecule is Cc1cccc(C)c1CNCC1(CCO)CC1. The zero-order valence-corrected chi connectivity index (χ0v) is 10.9. The zero-order chi connectivity index (χ0) is 12.3. The van der Waals surface area contributed by atoms with Crippen LogP contribution in [-0.4, -0.2) is 18.3 Å². The highest BCUT2D eigenvalue weighted by Crippen LogP contribution is 2.47. The molecule has 0 amide bonds. The number of hydrogen-bond acceptors (Lipinski definition) is 2. The Morgan fingerprint density at radius 2 is 1.88 bits per heavy atom. The molecule has 0 aromatic heterocycles. The minimum atomic E-state index is 0.324. The fourth-order valence-corrected chi connectivity index (χ4v) is 2.51. The molecule has 1 aliphatic carbocycles. The first-order valence-corrected chi connectivity index (χ1v) is 6.54. The molecular formula is C15H23NO. The van der Waals surface area contributed by atoms with E-state index in [0.717, 1.165) is 19.5 Å². The van der Waals surface area contributed by atoms with Gasteiger partial charge >= 0.3 is 0 Å². The minimum Gasteiger partial charge on any atom is -0.396 e. The van der Waals surface area contributed by atoms with E-state index in [0.29, 0.717) is 12.0 Å². The monoisotopic (exact) mass is 233 g/mol. The summed E-state index contributed by atoms with van der Waals surface area (Å²) >= 11 is 0.